The van der Waals surface area contributed by atoms with Gasteiger partial charge in [-0.2, -0.15) is 4.31 Å². The molecule has 1 aliphatic carbocycles. The Bertz CT molecular complexity index is 937. The summed E-state index contributed by atoms with van der Waals surface area (Å²) in [6.07, 6.45) is 3.51. The summed E-state index contributed by atoms with van der Waals surface area (Å²) in [5.74, 6) is 0.116. The molecule has 0 spiro atoms. The first-order chi connectivity index (χ1) is 12.4. The van der Waals surface area contributed by atoms with Crippen LogP contribution in [0.5, 0.6) is 0 Å². The number of nitrogens with one attached hydrogen (secondary N) is 1. The van der Waals surface area contributed by atoms with Gasteiger partial charge in [0, 0.05) is 28.8 Å². The summed E-state index contributed by atoms with van der Waals surface area (Å²) in [5.41, 5.74) is 0.876. The van der Waals surface area contributed by atoms with Crippen LogP contribution in [0.2, 0.25) is 5.02 Å². The number of carbonyl (C=O) groups is 1. The lowest BCUT2D eigenvalue weighted by Gasteiger charge is -2.25. The summed E-state index contributed by atoms with van der Waals surface area (Å²) in [6, 6.07) is 6.18. The monoisotopic (exact) mass is 411 g/mol. The van der Waals surface area contributed by atoms with E-state index in [4.69, 9.17) is 11.6 Å². The van der Waals surface area contributed by atoms with E-state index < -0.39 is 10.0 Å². The third-order valence-electron chi connectivity index (χ3n) is 4.85. The van der Waals surface area contributed by atoms with Gasteiger partial charge in [-0.25, -0.2) is 13.4 Å². The molecule has 26 heavy (non-hydrogen) atoms. The zero-order valence-electron chi connectivity index (χ0n) is 13.9. The number of hydrogen-bond donors (Lipinski definition) is 1. The second-order valence-corrected chi connectivity index (χ2v) is 10.0. The van der Waals surface area contributed by atoms with Crippen molar-refractivity contribution in [2.24, 2.45) is 5.92 Å². The molecule has 1 aromatic carbocycles. The molecular weight excluding hydrogens is 394 g/mol. The number of fused-ring (bicyclic) bond motifs is 1. The van der Waals surface area contributed by atoms with Gasteiger partial charge in [0.25, 0.3) is 0 Å². The highest BCUT2D eigenvalue weighted by molar-refractivity contribution is 7.89. The lowest BCUT2D eigenvalue weighted by Crippen LogP contribution is -2.35. The maximum atomic E-state index is 12.8. The third-order valence-corrected chi connectivity index (χ3v) is 7.96. The van der Waals surface area contributed by atoms with Crippen LogP contribution in [0.3, 0.4) is 0 Å². The summed E-state index contributed by atoms with van der Waals surface area (Å²) in [7, 11) is -3.58. The molecule has 1 aliphatic heterocycles. The van der Waals surface area contributed by atoms with Crippen LogP contribution >= 0.6 is 22.9 Å². The average molecular weight is 412 g/mol. The lowest BCUT2D eigenvalue weighted by atomic mass is 9.85. The number of sulfonamides is 1. The van der Waals surface area contributed by atoms with Crippen molar-refractivity contribution in [3.63, 3.8) is 0 Å². The van der Waals surface area contributed by atoms with Gasteiger partial charge in [0.05, 0.1) is 17.1 Å². The second-order valence-electron chi connectivity index (χ2n) is 6.55. The molecule has 1 N–H and O–H groups in total. The molecule has 4 rings (SSSR count). The highest BCUT2D eigenvalue weighted by atomic mass is 35.5. The van der Waals surface area contributed by atoms with Gasteiger partial charge in [-0.15, -0.1) is 11.3 Å². The van der Waals surface area contributed by atoms with Gasteiger partial charge in [0.1, 0.15) is 0 Å². The molecule has 2 heterocycles. The quantitative estimate of drug-likeness (QED) is 0.837. The number of amides is 1. The minimum absolute atomic E-state index is 0.0213. The number of thiazole rings is 1. The first-order valence-electron chi connectivity index (χ1n) is 8.48. The predicted octanol–water partition coefficient (Wildman–Crippen LogP) is 3.28. The summed E-state index contributed by atoms with van der Waals surface area (Å²) < 4.78 is 27.1. The molecule has 0 saturated heterocycles. The van der Waals surface area contributed by atoms with E-state index in [2.05, 4.69) is 10.3 Å². The molecule has 0 bridgehead atoms. The number of benzene rings is 1. The Morgan fingerprint density at radius 3 is 2.65 bits per heavy atom. The average Bonchev–Trinajstić information content (AvgIpc) is 2.94. The molecule has 2 aliphatic rings. The summed E-state index contributed by atoms with van der Waals surface area (Å²) in [6.45, 7) is 0.648. The van der Waals surface area contributed by atoms with Gasteiger partial charge < -0.3 is 5.32 Å². The molecule has 9 heteroatoms. The van der Waals surface area contributed by atoms with Crippen LogP contribution in [0, 0.1) is 5.92 Å². The van der Waals surface area contributed by atoms with Crippen molar-refractivity contribution in [2.45, 2.75) is 37.1 Å². The van der Waals surface area contributed by atoms with Crippen molar-refractivity contribution >= 4 is 44.0 Å². The summed E-state index contributed by atoms with van der Waals surface area (Å²) in [5, 5.41) is 3.94. The maximum Gasteiger partial charge on any atom is 0.243 e. The van der Waals surface area contributed by atoms with Crippen LogP contribution in [0.4, 0.5) is 5.13 Å². The van der Waals surface area contributed by atoms with Crippen LogP contribution in [0.15, 0.2) is 29.2 Å². The van der Waals surface area contributed by atoms with E-state index >= 15 is 0 Å². The third kappa shape index (κ3) is 3.38. The maximum absolute atomic E-state index is 12.8. The van der Waals surface area contributed by atoms with Gasteiger partial charge in [0.2, 0.25) is 15.9 Å². The van der Waals surface area contributed by atoms with Gasteiger partial charge >= 0.3 is 0 Å². The molecule has 1 aromatic heterocycles. The number of halogens is 1. The Labute approximate surface area is 161 Å². The number of aromatic nitrogens is 1. The van der Waals surface area contributed by atoms with Crippen LogP contribution in [-0.2, 0) is 27.8 Å². The summed E-state index contributed by atoms with van der Waals surface area (Å²) in [4.78, 5) is 17.7. The Morgan fingerprint density at radius 2 is 2.00 bits per heavy atom. The van der Waals surface area contributed by atoms with Crippen molar-refractivity contribution < 1.29 is 13.2 Å². The van der Waals surface area contributed by atoms with E-state index in [0.717, 1.165) is 29.8 Å². The molecule has 6 nitrogen and oxygen atoms in total. The van der Waals surface area contributed by atoms with Crippen LogP contribution < -0.4 is 5.32 Å². The number of nitrogens with zero attached hydrogens (tertiary/aromatic N) is 2. The van der Waals surface area contributed by atoms with Gasteiger partial charge in [-0.1, -0.05) is 18.0 Å². The number of anilines is 1. The van der Waals surface area contributed by atoms with Crippen molar-refractivity contribution in [2.75, 3.05) is 11.9 Å². The van der Waals surface area contributed by atoms with Crippen LogP contribution in [0.25, 0.3) is 0 Å². The fourth-order valence-corrected chi connectivity index (χ4v) is 5.71. The number of hydrogen-bond acceptors (Lipinski definition) is 5. The SMILES string of the molecule is O=C(Nc1nc2c(s1)CN(S(=O)(=O)c1ccc(Cl)cc1)CC2)C1CCC1. The van der Waals surface area contributed by atoms with Crippen molar-refractivity contribution in [3.05, 3.63) is 39.9 Å². The van der Waals surface area contributed by atoms with Crippen molar-refractivity contribution in [1.82, 2.24) is 9.29 Å². The van der Waals surface area contributed by atoms with E-state index in [9.17, 15) is 13.2 Å². The van der Waals surface area contributed by atoms with E-state index in [1.807, 2.05) is 0 Å². The summed E-state index contributed by atoms with van der Waals surface area (Å²) >= 11 is 7.21. The minimum atomic E-state index is -3.58. The molecule has 138 valence electrons. The molecule has 2 aromatic rings. The first-order valence-corrected chi connectivity index (χ1v) is 11.1. The molecule has 0 radical (unpaired) electrons. The first kappa shape index (κ1) is 17.9. The van der Waals surface area contributed by atoms with Crippen LogP contribution in [0.1, 0.15) is 29.8 Å². The van der Waals surface area contributed by atoms with E-state index in [-0.39, 0.29) is 23.3 Å². The fraction of sp³-hybridized carbons (Fsp3) is 0.412. The Morgan fingerprint density at radius 1 is 1.27 bits per heavy atom. The number of carbonyl (C=O) groups excluding carboxylic acids is 1. The van der Waals surface area contributed by atoms with E-state index in [1.165, 1.54) is 27.8 Å². The zero-order chi connectivity index (χ0) is 18.3. The standard InChI is InChI=1S/C17H18ClN3O3S2/c18-12-4-6-13(7-5-12)26(23,24)21-9-8-14-15(10-21)25-17(19-14)20-16(22)11-2-1-3-11/h4-7,11H,1-3,8-10H2,(H,19,20,22). The van der Waals surface area contributed by atoms with Crippen molar-refractivity contribution in [1.29, 1.82) is 0 Å². The molecule has 1 amide bonds. The Kier molecular flexibility index (Phi) is 4.77. The normalized spacial score (nSPS) is 18.2. The Balaban J connectivity index is 1.50. The topological polar surface area (TPSA) is 79.4 Å². The predicted molar refractivity (Wildman–Crippen MR) is 101 cm³/mol. The van der Waals surface area contributed by atoms with E-state index in [1.54, 1.807) is 12.1 Å². The molecule has 1 fully saturated rings. The lowest BCUT2D eigenvalue weighted by molar-refractivity contribution is -0.122. The molecular formula is C17H18ClN3O3S2. The fourth-order valence-electron chi connectivity index (χ4n) is 3.06. The smallest absolute Gasteiger partial charge is 0.243 e. The van der Waals surface area contributed by atoms with Crippen LogP contribution in [-0.4, -0.2) is 30.2 Å². The minimum Gasteiger partial charge on any atom is -0.302 e. The highest BCUT2D eigenvalue weighted by Crippen LogP contribution is 2.33. The van der Waals surface area contributed by atoms with Gasteiger partial charge in [0.15, 0.2) is 5.13 Å². The molecule has 0 unspecified atom stereocenters. The molecule has 0 atom stereocenters. The largest absolute Gasteiger partial charge is 0.302 e. The van der Waals surface area contributed by atoms with Gasteiger partial charge in [-0.3, -0.25) is 4.79 Å². The Hall–Kier alpha value is -1.48. The highest BCUT2D eigenvalue weighted by Gasteiger charge is 2.31. The number of rotatable bonds is 4. The molecule has 1 saturated carbocycles. The zero-order valence-corrected chi connectivity index (χ0v) is 16.3. The second kappa shape index (κ2) is 6.92. The van der Waals surface area contributed by atoms with E-state index in [0.29, 0.717) is 23.1 Å². The van der Waals surface area contributed by atoms with Gasteiger partial charge in [-0.05, 0) is 37.1 Å². The van der Waals surface area contributed by atoms with Crippen molar-refractivity contribution in [3.8, 4) is 0 Å².